The van der Waals surface area contributed by atoms with Gasteiger partial charge in [-0.3, -0.25) is 0 Å². The summed E-state index contributed by atoms with van der Waals surface area (Å²) in [5, 5.41) is 5.14. The second-order valence-corrected chi connectivity index (χ2v) is 4.26. The molecule has 0 aliphatic heterocycles. The molecule has 16 heavy (non-hydrogen) atoms. The average molecular weight is 236 g/mol. The summed E-state index contributed by atoms with van der Waals surface area (Å²) in [5.74, 6) is 0. The molecule has 0 aliphatic rings. The molecule has 2 rings (SSSR count). The van der Waals surface area contributed by atoms with E-state index in [1.165, 1.54) is 0 Å². The maximum Gasteiger partial charge on any atom is 0.0689 e. The molecule has 3 nitrogen and oxygen atoms in total. The molecule has 0 bridgehead atoms. The molecule has 2 N–H and O–H groups in total. The molecule has 0 amide bonds. The molecule has 0 atom stereocenters. The number of aromatic nitrogens is 2. The van der Waals surface area contributed by atoms with Crippen LogP contribution in [0.4, 0.5) is 0 Å². The van der Waals surface area contributed by atoms with Crippen LogP contribution in [-0.4, -0.2) is 9.78 Å². The Kier molecular flexibility index (Phi) is 2.99. The Balaban J connectivity index is 2.53. The smallest absolute Gasteiger partial charge is 0.0689 e. The van der Waals surface area contributed by atoms with Crippen LogP contribution in [0, 0.1) is 13.8 Å². The zero-order chi connectivity index (χ0) is 11.7. The predicted molar refractivity (Wildman–Crippen MR) is 65.9 cm³/mol. The molecule has 0 aliphatic carbocycles. The summed E-state index contributed by atoms with van der Waals surface area (Å²) in [7, 11) is 0. The number of hydrogen-bond acceptors (Lipinski definition) is 2. The van der Waals surface area contributed by atoms with E-state index in [1.54, 1.807) is 0 Å². The van der Waals surface area contributed by atoms with Crippen LogP contribution in [0.1, 0.15) is 16.8 Å². The van der Waals surface area contributed by atoms with Crippen molar-refractivity contribution < 1.29 is 0 Å². The average Bonchev–Trinajstić information content (AvgIpc) is 2.63. The minimum atomic E-state index is 0.505. The molecule has 0 saturated carbocycles. The van der Waals surface area contributed by atoms with Gasteiger partial charge in [-0.25, -0.2) is 4.68 Å². The van der Waals surface area contributed by atoms with Crippen LogP contribution in [0.3, 0.4) is 0 Å². The molecule has 2 aromatic rings. The van der Waals surface area contributed by atoms with E-state index in [4.69, 9.17) is 17.3 Å². The highest BCUT2D eigenvalue weighted by Gasteiger charge is 2.07. The first kappa shape index (κ1) is 11.2. The van der Waals surface area contributed by atoms with Gasteiger partial charge < -0.3 is 5.73 Å². The second-order valence-electron chi connectivity index (χ2n) is 3.82. The van der Waals surface area contributed by atoms with Gasteiger partial charge in [0.25, 0.3) is 0 Å². The Hall–Kier alpha value is -1.32. The van der Waals surface area contributed by atoms with E-state index >= 15 is 0 Å². The third-order valence-corrected chi connectivity index (χ3v) is 2.87. The normalized spacial score (nSPS) is 10.8. The SMILES string of the molecule is Cc1ccc(Cl)cc1-n1cc(CN)c(C)n1. The van der Waals surface area contributed by atoms with E-state index in [9.17, 15) is 0 Å². The van der Waals surface area contributed by atoms with Gasteiger partial charge in [-0.05, 0) is 31.5 Å². The van der Waals surface area contributed by atoms with E-state index in [-0.39, 0.29) is 0 Å². The van der Waals surface area contributed by atoms with Gasteiger partial charge in [-0.2, -0.15) is 5.10 Å². The van der Waals surface area contributed by atoms with Crippen molar-refractivity contribution in [2.24, 2.45) is 5.73 Å². The van der Waals surface area contributed by atoms with Crippen LogP contribution >= 0.6 is 11.6 Å². The lowest BCUT2D eigenvalue weighted by Gasteiger charge is -2.05. The molecule has 0 radical (unpaired) electrons. The predicted octanol–water partition coefficient (Wildman–Crippen LogP) is 2.60. The van der Waals surface area contributed by atoms with Gasteiger partial charge in [0, 0.05) is 23.3 Å². The van der Waals surface area contributed by atoms with Gasteiger partial charge in [0.2, 0.25) is 0 Å². The first-order valence-electron chi connectivity index (χ1n) is 5.13. The van der Waals surface area contributed by atoms with E-state index in [2.05, 4.69) is 5.10 Å². The standard InChI is InChI=1S/C12H14ClN3/c1-8-3-4-11(13)5-12(8)16-7-10(6-14)9(2)15-16/h3-5,7H,6,14H2,1-2H3. The Morgan fingerprint density at radius 2 is 2.12 bits per heavy atom. The molecule has 84 valence electrons. The van der Waals surface area contributed by atoms with Crippen molar-refractivity contribution in [3.05, 3.63) is 46.2 Å². The van der Waals surface area contributed by atoms with Crippen LogP contribution in [0.2, 0.25) is 5.02 Å². The lowest BCUT2D eigenvalue weighted by Crippen LogP contribution is -1.98. The fourth-order valence-electron chi connectivity index (χ4n) is 1.65. The van der Waals surface area contributed by atoms with E-state index in [0.29, 0.717) is 11.6 Å². The van der Waals surface area contributed by atoms with Crippen molar-refractivity contribution >= 4 is 11.6 Å². The summed E-state index contributed by atoms with van der Waals surface area (Å²) >= 11 is 5.98. The first-order chi connectivity index (χ1) is 7.61. The van der Waals surface area contributed by atoms with Gasteiger partial charge in [-0.1, -0.05) is 17.7 Å². The summed E-state index contributed by atoms with van der Waals surface area (Å²) in [6.07, 6.45) is 1.95. The highest BCUT2D eigenvalue weighted by molar-refractivity contribution is 6.30. The van der Waals surface area contributed by atoms with Crippen molar-refractivity contribution in [3.63, 3.8) is 0 Å². The lowest BCUT2D eigenvalue weighted by molar-refractivity contribution is 0.856. The molecule has 0 unspecified atom stereocenters. The summed E-state index contributed by atoms with van der Waals surface area (Å²) in [4.78, 5) is 0. The van der Waals surface area contributed by atoms with Gasteiger partial charge in [-0.15, -0.1) is 0 Å². The molecule has 1 aromatic carbocycles. The zero-order valence-corrected chi connectivity index (χ0v) is 10.1. The van der Waals surface area contributed by atoms with Crippen molar-refractivity contribution in [3.8, 4) is 5.69 Å². The fourth-order valence-corrected chi connectivity index (χ4v) is 1.82. The topological polar surface area (TPSA) is 43.8 Å². The molecule has 0 saturated heterocycles. The van der Waals surface area contributed by atoms with Gasteiger partial charge in [0.05, 0.1) is 11.4 Å². The summed E-state index contributed by atoms with van der Waals surface area (Å²) in [5.41, 5.74) is 9.78. The van der Waals surface area contributed by atoms with E-state index in [0.717, 1.165) is 22.5 Å². The molecule has 1 aromatic heterocycles. The zero-order valence-electron chi connectivity index (χ0n) is 9.37. The summed E-state index contributed by atoms with van der Waals surface area (Å²) < 4.78 is 1.83. The Morgan fingerprint density at radius 1 is 1.38 bits per heavy atom. The van der Waals surface area contributed by atoms with Crippen LogP contribution in [0.5, 0.6) is 0 Å². The third-order valence-electron chi connectivity index (χ3n) is 2.64. The van der Waals surface area contributed by atoms with Gasteiger partial charge in [0.1, 0.15) is 0 Å². The maximum atomic E-state index is 5.98. The highest BCUT2D eigenvalue weighted by Crippen LogP contribution is 2.20. The van der Waals surface area contributed by atoms with Gasteiger partial charge >= 0.3 is 0 Å². The third kappa shape index (κ3) is 1.96. The Bertz CT molecular complexity index is 517. The quantitative estimate of drug-likeness (QED) is 0.870. The first-order valence-corrected chi connectivity index (χ1v) is 5.51. The maximum absolute atomic E-state index is 5.98. The number of aryl methyl sites for hydroxylation is 2. The largest absolute Gasteiger partial charge is 0.326 e. The molecule has 4 heteroatoms. The molecule has 0 spiro atoms. The van der Waals surface area contributed by atoms with Crippen molar-refractivity contribution in [1.82, 2.24) is 9.78 Å². The number of benzene rings is 1. The van der Waals surface area contributed by atoms with Crippen LogP contribution in [0.25, 0.3) is 5.69 Å². The van der Waals surface area contributed by atoms with Gasteiger partial charge in [0.15, 0.2) is 0 Å². The van der Waals surface area contributed by atoms with Crippen LogP contribution in [0.15, 0.2) is 24.4 Å². The Labute approximate surface area is 99.8 Å². The lowest BCUT2D eigenvalue weighted by atomic mass is 10.2. The van der Waals surface area contributed by atoms with Crippen molar-refractivity contribution in [2.75, 3.05) is 0 Å². The second kappa shape index (κ2) is 4.28. The Morgan fingerprint density at radius 3 is 2.75 bits per heavy atom. The molecular weight excluding hydrogens is 222 g/mol. The van der Waals surface area contributed by atoms with Crippen LogP contribution in [-0.2, 0) is 6.54 Å². The summed E-state index contributed by atoms with van der Waals surface area (Å²) in [6.45, 7) is 4.49. The highest BCUT2D eigenvalue weighted by atomic mass is 35.5. The summed E-state index contributed by atoms with van der Waals surface area (Å²) in [6, 6.07) is 5.76. The number of nitrogens with two attached hydrogens (primary N) is 1. The molecule has 1 heterocycles. The molecule has 0 fully saturated rings. The fraction of sp³-hybridized carbons (Fsp3) is 0.250. The minimum absolute atomic E-state index is 0.505. The van der Waals surface area contributed by atoms with E-state index < -0.39 is 0 Å². The van der Waals surface area contributed by atoms with E-state index in [1.807, 2.05) is 42.9 Å². The number of halogens is 1. The number of hydrogen-bond donors (Lipinski definition) is 1. The minimum Gasteiger partial charge on any atom is -0.326 e. The number of rotatable bonds is 2. The monoisotopic (exact) mass is 235 g/mol. The van der Waals surface area contributed by atoms with Crippen molar-refractivity contribution in [1.29, 1.82) is 0 Å². The van der Waals surface area contributed by atoms with Crippen molar-refractivity contribution in [2.45, 2.75) is 20.4 Å². The number of nitrogens with zero attached hydrogens (tertiary/aromatic N) is 2. The molecular formula is C12H14ClN3. The van der Waals surface area contributed by atoms with Crippen LogP contribution < -0.4 is 5.73 Å².